The molecule has 13 nitrogen and oxygen atoms in total. The smallest absolute Gasteiger partial charge is 0.411 e. The van der Waals surface area contributed by atoms with Gasteiger partial charge in [-0.05, 0) is 53.9 Å². The van der Waals surface area contributed by atoms with Crippen LogP contribution in [0.2, 0.25) is 0 Å². The highest BCUT2D eigenvalue weighted by atomic mass is 16.5. The van der Waals surface area contributed by atoms with Crippen LogP contribution in [0.4, 0.5) is 10.5 Å². The number of hydrogen-bond acceptors (Lipinski definition) is 11. The van der Waals surface area contributed by atoms with Crippen LogP contribution < -0.4 is 11.1 Å². The maximum absolute atomic E-state index is 14.2. The highest BCUT2D eigenvalue weighted by Gasteiger charge is 2.68. The van der Waals surface area contributed by atoms with E-state index in [1.54, 1.807) is 6.92 Å². The molecule has 13 heteroatoms. The first kappa shape index (κ1) is 33.0. The molecule has 0 bridgehead atoms. The standard InChI is InChI=1S/C37H35N3O10/c1-15-16-12-13-22(39-36(48)50-14-21-19-10-6-4-8-17(19)18-9-5-7-11-20(18)21)29(41)24(16)30(42)25-23(15)31(43)27-28(40(2)3)32(44)26(35(38)47)34(46)37(27,49)33(25)45/h4-13,15,21,23,27-28,31,41-43,46,49H,14H2,1-3H3,(H2,38,47)(H,39,48)/t15-,23?,27?,28-,31-,37+/m0/s1. The number of phenolic OH excluding ortho intramolecular Hbond substituents is 1. The summed E-state index contributed by atoms with van der Waals surface area (Å²) in [6, 6.07) is 17.1. The van der Waals surface area contributed by atoms with Gasteiger partial charge in [-0.2, -0.15) is 0 Å². The Bertz CT molecular complexity index is 2040. The molecule has 3 aromatic carbocycles. The van der Waals surface area contributed by atoms with Gasteiger partial charge in [0.05, 0.1) is 29.3 Å². The monoisotopic (exact) mass is 681 g/mol. The van der Waals surface area contributed by atoms with Crippen molar-refractivity contribution in [3.8, 4) is 16.9 Å². The van der Waals surface area contributed by atoms with Crippen molar-refractivity contribution in [1.82, 2.24) is 4.90 Å². The van der Waals surface area contributed by atoms with Crippen molar-refractivity contribution in [3.63, 3.8) is 0 Å². The summed E-state index contributed by atoms with van der Waals surface area (Å²) >= 11 is 0. The van der Waals surface area contributed by atoms with E-state index in [0.717, 1.165) is 22.3 Å². The zero-order valence-corrected chi connectivity index (χ0v) is 27.2. The summed E-state index contributed by atoms with van der Waals surface area (Å²) in [5.41, 5.74) is 4.79. The van der Waals surface area contributed by atoms with Crippen molar-refractivity contribution in [2.75, 3.05) is 26.0 Å². The van der Waals surface area contributed by atoms with Crippen molar-refractivity contribution in [2.45, 2.75) is 36.5 Å². The lowest BCUT2D eigenvalue weighted by Crippen LogP contribution is -2.70. The topological polar surface area (TPSA) is 220 Å². The molecule has 258 valence electrons. The van der Waals surface area contributed by atoms with Gasteiger partial charge in [-0.1, -0.05) is 61.5 Å². The summed E-state index contributed by atoms with van der Waals surface area (Å²) in [4.78, 5) is 54.2. The predicted octanol–water partition coefficient (Wildman–Crippen LogP) is 2.86. The van der Waals surface area contributed by atoms with Crippen LogP contribution >= 0.6 is 0 Å². The van der Waals surface area contributed by atoms with Gasteiger partial charge < -0.3 is 36.0 Å². The van der Waals surface area contributed by atoms with Crippen molar-refractivity contribution in [1.29, 1.82) is 0 Å². The second-order valence-electron chi connectivity index (χ2n) is 13.4. The highest BCUT2D eigenvalue weighted by molar-refractivity contribution is 6.24. The van der Waals surface area contributed by atoms with Crippen molar-refractivity contribution >= 4 is 35.0 Å². The highest BCUT2D eigenvalue weighted by Crippen LogP contribution is 2.56. The number of likely N-dealkylation sites (N-methyl/N-ethyl adjacent to an activating group) is 1. The maximum atomic E-state index is 14.2. The van der Waals surface area contributed by atoms with E-state index in [2.05, 4.69) is 5.32 Å². The Hall–Kier alpha value is -5.50. The van der Waals surface area contributed by atoms with E-state index < -0.39 is 87.5 Å². The quantitative estimate of drug-likeness (QED) is 0.153. The molecule has 3 aromatic rings. The Balaban J connectivity index is 1.22. The molecule has 6 atom stereocenters. The summed E-state index contributed by atoms with van der Waals surface area (Å²) in [5, 5.41) is 60.2. The minimum atomic E-state index is -3.03. The van der Waals surface area contributed by atoms with E-state index in [1.165, 1.54) is 31.1 Å². The minimum absolute atomic E-state index is 0.00748. The van der Waals surface area contributed by atoms with Crippen LogP contribution in [0.3, 0.4) is 0 Å². The number of nitrogens with zero attached hydrogens (tertiary/aromatic N) is 1. The number of anilines is 1. The van der Waals surface area contributed by atoms with Crippen molar-refractivity contribution < 1.29 is 49.4 Å². The Morgan fingerprint density at radius 2 is 1.54 bits per heavy atom. The van der Waals surface area contributed by atoms with E-state index in [-0.39, 0.29) is 23.8 Å². The van der Waals surface area contributed by atoms with Gasteiger partial charge in [-0.25, -0.2) is 4.79 Å². The van der Waals surface area contributed by atoms with Gasteiger partial charge in [0.2, 0.25) is 5.78 Å². The van der Waals surface area contributed by atoms with Crippen LogP contribution in [-0.2, 0) is 19.1 Å². The largest absolute Gasteiger partial charge is 0.508 e. The van der Waals surface area contributed by atoms with Crippen LogP contribution in [-0.4, -0.2) is 92.4 Å². The molecule has 0 spiro atoms. The lowest BCUT2D eigenvalue weighted by atomic mass is 9.54. The number of ether oxygens (including phenoxy) is 1. The van der Waals surface area contributed by atoms with Crippen molar-refractivity contribution in [3.05, 3.63) is 99.8 Å². The molecular formula is C37H35N3O10. The first-order chi connectivity index (χ1) is 23.7. The van der Waals surface area contributed by atoms with E-state index in [1.807, 2.05) is 48.5 Å². The third-order valence-corrected chi connectivity index (χ3v) is 10.7. The van der Waals surface area contributed by atoms with Gasteiger partial charge in [-0.3, -0.25) is 24.6 Å². The number of amides is 2. The predicted molar refractivity (Wildman–Crippen MR) is 179 cm³/mol. The maximum Gasteiger partial charge on any atom is 0.411 e. The number of phenols is 1. The van der Waals surface area contributed by atoms with Gasteiger partial charge >= 0.3 is 6.09 Å². The zero-order chi connectivity index (χ0) is 36.0. The van der Waals surface area contributed by atoms with Gasteiger partial charge in [0.25, 0.3) is 5.91 Å². The molecule has 2 amide bonds. The SMILES string of the molecule is C[C@H]1c2ccc(NC(=O)OCC3c4ccccc4-c4ccccc43)c(O)c2C(O)=C2C(=O)[C@@]3(O)C(O)=C(C(N)=O)C(=O)[C@@H](N(C)C)C3[C@@H](O)C21. The first-order valence-corrected chi connectivity index (χ1v) is 16.0. The Labute approximate surface area is 285 Å². The van der Waals surface area contributed by atoms with Gasteiger partial charge in [0, 0.05) is 17.4 Å². The number of aliphatic hydroxyl groups excluding tert-OH is 3. The molecule has 50 heavy (non-hydrogen) atoms. The summed E-state index contributed by atoms with van der Waals surface area (Å²) in [6.45, 7) is 1.61. The number of nitrogens with one attached hydrogen (secondary N) is 1. The Morgan fingerprint density at radius 1 is 0.940 bits per heavy atom. The lowest BCUT2D eigenvalue weighted by Gasteiger charge is -2.53. The molecule has 0 saturated heterocycles. The number of aromatic hydroxyl groups is 1. The molecule has 1 fully saturated rings. The fraction of sp³-hybridized carbons (Fsp3) is 0.297. The van der Waals surface area contributed by atoms with Crippen LogP contribution in [0, 0.1) is 11.8 Å². The number of ketones is 2. The number of rotatable bonds is 5. The number of fused-ring (bicyclic) bond motifs is 6. The lowest BCUT2D eigenvalue weighted by molar-refractivity contribution is -0.169. The molecule has 4 aliphatic carbocycles. The second-order valence-corrected chi connectivity index (χ2v) is 13.4. The van der Waals surface area contributed by atoms with E-state index >= 15 is 0 Å². The molecule has 8 N–H and O–H groups in total. The number of carbonyl (C=O) groups is 4. The number of benzene rings is 3. The number of aliphatic hydroxyl groups is 4. The summed E-state index contributed by atoms with van der Waals surface area (Å²) in [6.07, 6.45) is -2.61. The third kappa shape index (κ3) is 4.43. The minimum Gasteiger partial charge on any atom is -0.508 e. The van der Waals surface area contributed by atoms with E-state index in [9.17, 15) is 44.7 Å². The number of Topliss-reactive ketones (excluding diaryl/α,β-unsaturated/α-hetero) is 2. The molecule has 0 aromatic heterocycles. The summed E-state index contributed by atoms with van der Waals surface area (Å²) < 4.78 is 5.60. The van der Waals surface area contributed by atoms with Crippen LogP contribution in [0.5, 0.6) is 5.75 Å². The molecule has 0 aliphatic heterocycles. The molecule has 0 radical (unpaired) electrons. The van der Waals surface area contributed by atoms with Crippen LogP contribution in [0.25, 0.3) is 16.9 Å². The number of nitrogens with two attached hydrogens (primary N) is 1. The van der Waals surface area contributed by atoms with Gasteiger partial charge in [-0.15, -0.1) is 0 Å². The van der Waals surface area contributed by atoms with Crippen LogP contribution in [0.15, 0.2) is 77.6 Å². The number of carbonyl (C=O) groups excluding carboxylic acids is 4. The molecule has 2 unspecified atom stereocenters. The molecular weight excluding hydrogens is 646 g/mol. The average Bonchev–Trinajstić information content (AvgIpc) is 3.39. The number of primary amides is 1. The average molecular weight is 682 g/mol. The Morgan fingerprint density at radius 3 is 2.12 bits per heavy atom. The molecule has 1 saturated carbocycles. The van der Waals surface area contributed by atoms with Crippen molar-refractivity contribution in [2.24, 2.45) is 17.6 Å². The first-order valence-electron chi connectivity index (χ1n) is 16.0. The summed E-state index contributed by atoms with van der Waals surface area (Å²) in [7, 11) is 2.87. The normalized spacial score (nSPS) is 27.0. The molecule has 7 rings (SSSR count). The fourth-order valence-electron chi connectivity index (χ4n) is 8.46. The van der Waals surface area contributed by atoms with Crippen LogP contribution in [0.1, 0.15) is 41.0 Å². The van der Waals surface area contributed by atoms with E-state index in [0.29, 0.717) is 5.56 Å². The van der Waals surface area contributed by atoms with Gasteiger partial charge in [0.15, 0.2) is 11.4 Å². The molecule has 0 heterocycles. The Kier molecular flexibility index (Phi) is 7.62. The zero-order valence-electron chi connectivity index (χ0n) is 27.2. The fourth-order valence-corrected chi connectivity index (χ4v) is 8.46. The summed E-state index contributed by atoms with van der Waals surface area (Å²) in [5.74, 6) is -10.3. The third-order valence-electron chi connectivity index (χ3n) is 10.7. The number of hydrogen-bond donors (Lipinski definition) is 7. The second kappa shape index (κ2) is 11.5. The molecule has 4 aliphatic rings. The van der Waals surface area contributed by atoms with Gasteiger partial charge in [0.1, 0.15) is 29.4 Å². The van der Waals surface area contributed by atoms with E-state index in [4.69, 9.17) is 10.5 Å².